The second-order valence-corrected chi connectivity index (χ2v) is 17.3. The molecule has 0 saturated heterocycles. The molecule has 2 aromatic heterocycles. The Balaban J connectivity index is 1.70. The van der Waals surface area contributed by atoms with E-state index in [4.69, 9.17) is 14.1 Å². The predicted octanol–water partition coefficient (Wildman–Crippen LogP) is 5.21. The number of aromatic nitrogens is 4. The van der Waals surface area contributed by atoms with Crippen molar-refractivity contribution in [2.75, 3.05) is 36.5 Å². The molecule has 0 spiro atoms. The zero-order chi connectivity index (χ0) is 30.7. The van der Waals surface area contributed by atoms with Gasteiger partial charge in [-0.2, -0.15) is 10.4 Å². The average Bonchev–Trinajstić information content (AvgIpc) is 3.43. The zero-order valence-electron chi connectivity index (χ0n) is 26.0. The van der Waals surface area contributed by atoms with Crippen molar-refractivity contribution in [3.63, 3.8) is 0 Å². The van der Waals surface area contributed by atoms with Crippen molar-refractivity contribution in [3.05, 3.63) is 47.3 Å². The molecule has 1 aliphatic heterocycles. The summed E-state index contributed by atoms with van der Waals surface area (Å²) < 4.78 is 14.0. The Morgan fingerprint density at radius 2 is 2.05 bits per heavy atom. The van der Waals surface area contributed by atoms with Crippen molar-refractivity contribution in [2.45, 2.75) is 71.6 Å². The van der Waals surface area contributed by atoms with Crippen LogP contribution in [0, 0.1) is 18.3 Å². The van der Waals surface area contributed by atoms with Gasteiger partial charge in [-0.25, -0.2) is 14.6 Å². The molecule has 3 aromatic rings. The van der Waals surface area contributed by atoms with Gasteiger partial charge >= 0.3 is 7.41 Å². The second-order valence-electron chi connectivity index (χ2n) is 12.5. The van der Waals surface area contributed by atoms with Gasteiger partial charge in [-0.3, -0.25) is 0 Å². The van der Waals surface area contributed by atoms with Crippen LogP contribution in [0.15, 0.2) is 30.5 Å². The fraction of sp³-hybridized carbons (Fsp3) is 0.500. The molecular formula is C30H41BN7O3Si. The molecule has 3 heterocycles. The van der Waals surface area contributed by atoms with Gasteiger partial charge < -0.3 is 24.1 Å². The van der Waals surface area contributed by atoms with Crippen LogP contribution >= 0.6 is 0 Å². The van der Waals surface area contributed by atoms with E-state index in [0.717, 1.165) is 34.5 Å². The number of hydrogen-bond acceptors (Lipinski definition) is 9. The smallest absolute Gasteiger partial charge is 0.329 e. The van der Waals surface area contributed by atoms with Gasteiger partial charge in [0.2, 0.25) is 5.95 Å². The van der Waals surface area contributed by atoms with E-state index in [1.807, 2.05) is 41.5 Å². The molecule has 1 N–H and O–H groups in total. The van der Waals surface area contributed by atoms with E-state index in [1.165, 1.54) is 7.41 Å². The van der Waals surface area contributed by atoms with Crippen LogP contribution in [0.5, 0.6) is 0 Å². The molecule has 0 amide bonds. The van der Waals surface area contributed by atoms with Gasteiger partial charge in [0.05, 0.1) is 30.1 Å². The fourth-order valence-electron chi connectivity index (χ4n) is 4.86. The third-order valence-corrected chi connectivity index (χ3v) is 12.7. The number of anilines is 3. The van der Waals surface area contributed by atoms with E-state index in [0.29, 0.717) is 50.1 Å². The summed E-state index contributed by atoms with van der Waals surface area (Å²) in [5.41, 5.74) is 4.09. The summed E-state index contributed by atoms with van der Waals surface area (Å²) in [6, 6.07) is 10.0. The summed E-state index contributed by atoms with van der Waals surface area (Å²) in [7, 11) is -0.546. The molecule has 1 atom stereocenters. The van der Waals surface area contributed by atoms with Crippen molar-refractivity contribution >= 4 is 39.4 Å². The first-order chi connectivity index (χ1) is 19.8. The summed E-state index contributed by atoms with van der Waals surface area (Å²) in [4.78, 5) is 22.7. The third-order valence-electron chi connectivity index (χ3n) is 8.23. The first-order valence-corrected chi connectivity index (χ1v) is 17.2. The lowest BCUT2D eigenvalue weighted by molar-refractivity contribution is 0.136. The maximum atomic E-state index is 11.6. The Morgan fingerprint density at radius 1 is 1.29 bits per heavy atom. The lowest BCUT2D eigenvalue weighted by Gasteiger charge is -2.39. The highest BCUT2D eigenvalue weighted by Crippen LogP contribution is 2.46. The van der Waals surface area contributed by atoms with Crippen molar-refractivity contribution in [1.82, 2.24) is 19.7 Å². The fourth-order valence-corrected chi connectivity index (χ4v) is 5.98. The first kappa shape index (κ1) is 31.4. The van der Waals surface area contributed by atoms with Crippen LogP contribution in [0.2, 0.25) is 18.1 Å². The third kappa shape index (κ3) is 6.59. The Bertz CT molecular complexity index is 1480. The molecule has 10 nitrogen and oxygen atoms in total. The molecule has 42 heavy (non-hydrogen) atoms. The van der Waals surface area contributed by atoms with Gasteiger partial charge in [0, 0.05) is 48.7 Å². The molecule has 1 radical (unpaired) electrons. The summed E-state index contributed by atoms with van der Waals surface area (Å²) in [5.74, 6) is 1.19. The molecule has 221 valence electrons. The van der Waals surface area contributed by atoms with Crippen LogP contribution in [-0.4, -0.2) is 68.0 Å². The normalized spacial score (nSPS) is 16.7. The number of benzene rings is 1. The highest BCUT2D eigenvalue weighted by atomic mass is 28.4. The van der Waals surface area contributed by atoms with Crippen LogP contribution in [0.4, 0.5) is 17.5 Å². The number of nitrogens with zero attached hydrogens (tertiary/aromatic N) is 6. The minimum atomic E-state index is -2.05. The second kappa shape index (κ2) is 12.4. The van der Waals surface area contributed by atoms with E-state index < -0.39 is 13.7 Å². The SMILES string of the molecule is CCOCCn1nc(C)cc1Nc1nccc(-c2cc(C#N)c3c(c2)[C@@](C)(CO[Si](C)(C)C(C)(C)C)CN3[B]C=O)n1. The Morgan fingerprint density at radius 3 is 2.71 bits per heavy atom. The largest absolute Gasteiger partial charge is 0.416 e. The number of hydrogen-bond donors (Lipinski definition) is 1. The number of fused-ring (bicyclic) bond motifs is 1. The molecule has 4 rings (SSSR count). The summed E-state index contributed by atoms with van der Waals surface area (Å²) >= 11 is 0. The highest BCUT2D eigenvalue weighted by Gasteiger charge is 2.44. The summed E-state index contributed by atoms with van der Waals surface area (Å²) in [6.07, 6.45) is 2.46. The van der Waals surface area contributed by atoms with Crippen LogP contribution in [0.1, 0.15) is 51.4 Å². The summed E-state index contributed by atoms with van der Waals surface area (Å²) in [5, 5.41) is 18.1. The van der Waals surface area contributed by atoms with Gasteiger partial charge in [0.25, 0.3) is 0 Å². The predicted molar refractivity (Wildman–Crippen MR) is 169 cm³/mol. The lowest BCUT2D eigenvalue weighted by Crippen LogP contribution is -2.46. The Kier molecular flexibility index (Phi) is 9.25. The van der Waals surface area contributed by atoms with Crippen LogP contribution in [0.25, 0.3) is 11.3 Å². The number of aryl methyl sites for hydroxylation is 1. The maximum absolute atomic E-state index is 11.6. The van der Waals surface area contributed by atoms with Gasteiger partial charge in [0.15, 0.2) is 8.32 Å². The molecule has 1 aromatic carbocycles. The number of carbonyl (C=O) groups excluding carboxylic acids is 1. The monoisotopic (exact) mass is 586 g/mol. The number of nitrogens with one attached hydrogen (secondary N) is 1. The Hall–Kier alpha value is -3.53. The molecule has 0 bridgehead atoms. The van der Waals surface area contributed by atoms with Crippen LogP contribution in [-0.2, 0) is 25.9 Å². The van der Waals surface area contributed by atoms with E-state index in [9.17, 15) is 10.1 Å². The molecule has 0 saturated carbocycles. The first-order valence-electron chi connectivity index (χ1n) is 14.3. The average molecular weight is 587 g/mol. The number of nitriles is 1. The zero-order valence-corrected chi connectivity index (χ0v) is 27.0. The van der Waals surface area contributed by atoms with Gasteiger partial charge in [-0.05, 0) is 55.7 Å². The quantitative estimate of drug-likeness (QED) is 0.173. The molecule has 0 unspecified atom stereocenters. The van der Waals surface area contributed by atoms with E-state index in [-0.39, 0.29) is 5.04 Å². The number of ether oxygens (including phenoxy) is 1. The number of carbonyl (C=O) groups is 1. The minimum absolute atomic E-state index is 0.0559. The van der Waals surface area contributed by atoms with Crippen molar-refractivity contribution in [3.8, 4) is 17.3 Å². The summed E-state index contributed by atoms with van der Waals surface area (Å²) in [6.45, 7) is 20.0. The maximum Gasteiger partial charge on any atom is 0.329 e. The standard InChI is InChI=1S/C30H41BN7O3Si/c1-9-40-13-12-38-26(14-21(2)36-38)35-28-33-11-10-25(34-28)22-15-23(17-32)27-24(16-22)30(6,18-37(27)31-20-39)19-41-42(7,8)29(3,4)5/h10-11,14-16,20H,9,12-13,18-19H2,1-8H3,(H,33,34,35)/t30-/m1/s1. The van der Waals surface area contributed by atoms with Crippen molar-refractivity contribution < 1.29 is 14.0 Å². The van der Waals surface area contributed by atoms with Crippen molar-refractivity contribution in [2.24, 2.45) is 0 Å². The Labute approximate surface area is 250 Å². The van der Waals surface area contributed by atoms with E-state index >= 15 is 0 Å². The van der Waals surface area contributed by atoms with E-state index in [2.05, 4.69) is 68.3 Å². The molecule has 1 aliphatic rings. The lowest BCUT2D eigenvalue weighted by atomic mass is 9.83. The minimum Gasteiger partial charge on any atom is -0.416 e. The molecule has 0 aliphatic carbocycles. The topological polar surface area (TPSA) is 118 Å². The van der Waals surface area contributed by atoms with Crippen LogP contribution in [0.3, 0.4) is 0 Å². The highest BCUT2D eigenvalue weighted by molar-refractivity contribution is 6.74. The van der Waals surface area contributed by atoms with E-state index in [1.54, 1.807) is 6.20 Å². The van der Waals surface area contributed by atoms with Gasteiger partial charge in [0.1, 0.15) is 18.1 Å². The molecule has 0 fully saturated rings. The van der Waals surface area contributed by atoms with Gasteiger partial charge in [-0.15, -0.1) is 0 Å². The number of rotatable bonds is 12. The van der Waals surface area contributed by atoms with Crippen molar-refractivity contribution in [1.29, 1.82) is 5.26 Å². The molecule has 12 heteroatoms. The van der Waals surface area contributed by atoms with Gasteiger partial charge in [-0.1, -0.05) is 27.7 Å². The molecular weight excluding hydrogens is 545 g/mol. The van der Waals surface area contributed by atoms with Crippen LogP contribution < -0.4 is 10.1 Å².